The standard InChI is InChI=1S/C11H19NO4/c1-8(6-16-2)5-9(13)12-7-11(3-4-11)10(14)15/h8H,3-7H2,1-2H3,(H,12,13)(H,14,15). The van der Waals surface area contributed by atoms with Crippen molar-refractivity contribution in [3.8, 4) is 0 Å². The lowest BCUT2D eigenvalue weighted by Gasteiger charge is -2.13. The average molecular weight is 229 g/mol. The molecule has 5 nitrogen and oxygen atoms in total. The van der Waals surface area contributed by atoms with Crippen molar-refractivity contribution in [2.24, 2.45) is 11.3 Å². The van der Waals surface area contributed by atoms with Gasteiger partial charge in [0.05, 0.1) is 5.41 Å². The molecule has 0 spiro atoms. The van der Waals surface area contributed by atoms with Gasteiger partial charge in [0.15, 0.2) is 0 Å². The SMILES string of the molecule is COCC(C)CC(=O)NCC1(C(=O)O)CC1. The van der Waals surface area contributed by atoms with Crippen LogP contribution in [0.4, 0.5) is 0 Å². The van der Waals surface area contributed by atoms with Crippen molar-refractivity contribution in [3.63, 3.8) is 0 Å². The number of rotatable bonds is 7. The molecule has 0 saturated heterocycles. The van der Waals surface area contributed by atoms with Crippen LogP contribution in [-0.2, 0) is 14.3 Å². The van der Waals surface area contributed by atoms with Crippen molar-refractivity contribution in [2.75, 3.05) is 20.3 Å². The van der Waals surface area contributed by atoms with E-state index in [9.17, 15) is 9.59 Å². The Kier molecular flexibility index (Phi) is 4.29. The molecule has 1 aliphatic carbocycles. The molecule has 0 aromatic heterocycles. The highest BCUT2D eigenvalue weighted by Crippen LogP contribution is 2.45. The second kappa shape index (κ2) is 5.30. The second-order valence-corrected chi connectivity index (χ2v) is 4.63. The Balaban J connectivity index is 2.23. The number of ether oxygens (including phenoxy) is 1. The number of carbonyl (C=O) groups excluding carboxylic acids is 1. The first kappa shape index (κ1) is 13.0. The highest BCUT2D eigenvalue weighted by Gasteiger charge is 2.50. The molecule has 16 heavy (non-hydrogen) atoms. The monoisotopic (exact) mass is 229 g/mol. The van der Waals surface area contributed by atoms with Crippen LogP contribution in [0, 0.1) is 11.3 Å². The minimum atomic E-state index is -0.808. The lowest BCUT2D eigenvalue weighted by molar-refractivity contribution is -0.143. The third-order valence-electron chi connectivity index (χ3n) is 2.92. The smallest absolute Gasteiger partial charge is 0.311 e. The number of carbonyl (C=O) groups is 2. The van der Waals surface area contributed by atoms with Gasteiger partial charge in [0.25, 0.3) is 0 Å². The van der Waals surface area contributed by atoms with E-state index in [0.717, 1.165) is 0 Å². The van der Waals surface area contributed by atoms with E-state index in [1.807, 2.05) is 6.92 Å². The Bertz CT molecular complexity index is 273. The lowest BCUT2D eigenvalue weighted by atomic mass is 10.1. The Labute approximate surface area is 95.2 Å². The van der Waals surface area contributed by atoms with E-state index in [2.05, 4.69) is 5.32 Å². The molecule has 1 rings (SSSR count). The minimum Gasteiger partial charge on any atom is -0.481 e. The van der Waals surface area contributed by atoms with Gasteiger partial charge in [-0.2, -0.15) is 0 Å². The maximum Gasteiger partial charge on any atom is 0.311 e. The molecule has 1 saturated carbocycles. The summed E-state index contributed by atoms with van der Waals surface area (Å²) < 4.78 is 4.93. The van der Waals surface area contributed by atoms with Crippen molar-refractivity contribution in [2.45, 2.75) is 26.2 Å². The largest absolute Gasteiger partial charge is 0.481 e. The molecule has 0 aromatic carbocycles. The molecule has 0 radical (unpaired) electrons. The number of carboxylic acid groups (broad SMARTS) is 1. The van der Waals surface area contributed by atoms with Gasteiger partial charge in [0.2, 0.25) is 5.91 Å². The number of hydrogen-bond donors (Lipinski definition) is 2. The summed E-state index contributed by atoms with van der Waals surface area (Å²) in [4.78, 5) is 22.3. The normalized spacial score (nSPS) is 18.9. The van der Waals surface area contributed by atoms with E-state index in [-0.39, 0.29) is 18.4 Å². The zero-order valence-electron chi connectivity index (χ0n) is 9.78. The molecule has 2 N–H and O–H groups in total. The van der Waals surface area contributed by atoms with Crippen molar-refractivity contribution >= 4 is 11.9 Å². The molecule has 1 unspecified atom stereocenters. The van der Waals surface area contributed by atoms with Crippen LogP contribution < -0.4 is 5.32 Å². The molecule has 92 valence electrons. The third-order valence-corrected chi connectivity index (χ3v) is 2.92. The Hall–Kier alpha value is -1.10. The number of hydrogen-bond acceptors (Lipinski definition) is 3. The van der Waals surface area contributed by atoms with Crippen molar-refractivity contribution in [3.05, 3.63) is 0 Å². The Morgan fingerprint density at radius 3 is 2.56 bits per heavy atom. The molecule has 0 aliphatic heterocycles. The number of aliphatic carboxylic acids is 1. The fourth-order valence-corrected chi connectivity index (χ4v) is 1.62. The van der Waals surface area contributed by atoms with Gasteiger partial charge in [-0.15, -0.1) is 0 Å². The van der Waals surface area contributed by atoms with Crippen LogP contribution in [0.3, 0.4) is 0 Å². The molecule has 1 atom stereocenters. The van der Waals surface area contributed by atoms with Gasteiger partial charge in [0.1, 0.15) is 0 Å². The van der Waals surface area contributed by atoms with Crippen LogP contribution in [0.25, 0.3) is 0 Å². The first-order valence-corrected chi connectivity index (χ1v) is 5.49. The summed E-state index contributed by atoms with van der Waals surface area (Å²) in [5.41, 5.74) is -0.680. The van der Waals surface area contributed by atoms with Crippen molar-refractivity contribution < 1.29 is 19.4 Å². The molecule has 0 heterocycles. The van der Waals surface area contributed by atoms with Crippen LogP contribution in [0.2, 0.25) is 0 Å². The lowest BCUT2D eigenvalue weighted by Crippen LogP contribution is -2.35. The maximum atomic E-state index is 11.5. The summed E-state index contributed by atoms with van der Waals surface area (Å²) >= 11 is 0. The quantitative estimate of drug-likeness (QED) is 0.671. The molecular formula is C11H19NO4. The fraction of sp³-hybridized carbons (Fsp3) is 0.818. The minimum absolute atomic E-state index is 0.0999. The molecule has 1 amide bonds. The van der Waals surface area contributed by atoms with E-state index in [1.54, 1.807) is 7.11 Å². The topological polar surface area (TPSA) is 75.6 Å². The van der Waals surface area contributed by atoms with E-state index in [1.165, 1.54) is 0 Å². The summed E-state index contributed by atoms with van der Waals surface area (Å²) in [5.74, 6) is -0.750. The molecule has 5 heteroatoms. The zero-order chi connectivity index (χ0) is 12.2. The summed E-state index contributed by atoms with van der Waals surface area (Å²) in [6.45, 7) is 2.71. The summed E-state index contributed by atoms with van der Waals surface area (Å²) in [7, 11) is 1.60. The average Bonchev–Trinajstić information content (AvgIpc) is 2.95. The molecule has 0 aromatic rings. The van der Waals surface area contributed by atoms with E-state index >= 15 is 0 Å². The van der Waals surface area contributed by atoms with E-state index in [4.69, 9.17) is 9.84 Å². The van der Waals surface area contributed by atoms with Gasteiger partial charge >= 0.3 is 5.97 Å². The van der Waals surface area contributed by atoms with Crippen LogP contribution in [0.15, 0.2) is 0 Å². The highest BCUT2D eigenvalue weighted by molar-refractivity contribution is 5.81. The summed E-state index contributed by atoms with van der Waals surface area (Å²) in [6.07, 6.45) is 1.70. The predicted molar refractivity (Wildman–Crippen MR) is 58.0 cm³/mol. The van der Waals surface area contributed by atoms with Crippen molar-refractivity contribution in [1.82, 2.24) is 5.32 Å². The first-order chi connectivity index (χ1) is 7.50. The molecule has 1 aliphatic rings. The van der Waals surface area contributed by atoms with Gasteiger partial charge < -0.3 is 15.2 Å². The van der Waals surface area contributed by atoms with Crippen LogP contribution in [0.1, 0.15) is 26.2 Å². The van der Waals surface area contributed by atoms with E-state index in [0.29, 0.717) is 25.9 Å². The molecular weight excluding hydrogens is 210 g/mol. The number of carboxylic acids is 1. The van der Waals surface area contributed by atoms with Gasteiger partial charge in [-0.3, -0.25) is 9.59 Å². The maximum absolute atomic E-state index is 11.5. The summed E-state index contributed by atoms with van der Waals surface area (Å²) in [5, 5.41) is 11.6. The van der Waals surface area contributed by atoms with Gasteiger partial charge in [0, 0.05) is 26.7 Å². The zero-order valence-corrected chi connectivity index (χ0v) is 9.78. The van der Waals surface area contributed by atoms with Gasteiger partial charge in [-0.25, -0.2) is 0 Å². The van der Waals surface area contributed by atoms with Crippen molar-refractivity contribution in [1.29, 1.82) is 0 Å². The second-order valence-electron chi connectivity index (χ2n) is 4.63. The van der Waals surface area contributed by atoms with Crippen LogP contribution >= 0.6 is 0 Å². The molecule has 0 bridgehead atoms. The third kappa shape index (κ3) is 3.48. The number of methoxy groups -OCH3 is 1. The Morgan fingerprint density at radius 1 is 1.50 bits per heavy atom. The van der Waals surface area contributed by atoms with Crippen LogP contribution in [-0.4, -0.2) is 37.2 Å². The highest BCUT2D eigenvalue weighted by atomic mass is 16.5. The van der Waals surface area contributed by atoms with Crippen LogP contribution in [0.5, 0.6) is 0 Å². The van der Waals surface area contributed by atoms with Gasteiger partial charge in [-0.05, 0) is 18.8 Å². The van der Waals surface area contributed by atoms with E-state index < -0.39 is 11.4 Å². The summed E-state index contributed by atoms with van der Waals surface area (Å²) in [6, 6.07) is 0. The fourth-order valence-electron chi connectivity index (χ4n) is 1.62. The number of amides is 1. The van der Waals surface area contributed by atoms with Gasteiger partial charge in [-0.1, -0.05) is 6.92 Å². The Morgan fingerprint density at radius 2 is 2.12 bits per heavy atom. The molecule has 1 fully saturated rings. The first-order valence-electron chi connectivity index (χ1n) is 5.49. The predicted octanol–water partition coefficient (Wildman–Crippen LogP) is 0.640. The number of nitrogens with one attached hydrogen (secondary N) is 1.